The second kappa shape index (κ2) is 8.40. The number of benzene rings is 2. The topological polar surface area (TPSA) is 66.8 Å². The minimum Gasteiger partial charge on any atom is -0.368 e. The van der Waals surface area contributed by atoms with Crippen molar-refractivity contribution in [3.8, 4) is 16.9 Å². The van der Waals surface area contributed by atoms with Crippen LogP contribution in [0.5, 0.6) is 0 Å². The van der Waals surface area contributed by atoms with Crippen LogP contribution in [-0.2, 0) is 0 Å². The highest BCUT2D eigenvalue weighted by molar-refractivity contribution is 6.33. The van der Waals surface area contributed by atoms with Crippen LogP contribution in [-0.4, -0.2) is 32.8 Å². The quantitative estimate of drug-likeness (QED) is 0.510. The number of hydrogen-bond donors (Lipinski definition) is 1. The molecule has 1 fully saturated rings. The first kappa shape index (κ1) is 19.6. The van der Waals surface area contributed by atoms with E-state index < -0.39 is 0 Å². The number of aromatic amines is 1. The zero-order valence-corrected chi connectivity index (χ0v) is 17.7. The fourth-order valence-corrected chi connectivity index (χ4v) is 4.37. The van der Waals surface area contributed by atoms with Crippen molar-refractivity contribution >= 4 is 17.3 Å². The molecule has 6 nitrogen and oxygen atoms in total. The molecule has 0 bridgehead atoms. The standard InChI is InChI=1S/C24H22ClN5O/c25-22-21(15-27-30(24(22)31)19-11-5-2-6-12-19)29-13-7-10-18(16-29)23-26-14-20(28-23)17-8-3-1-4-9-17/h1-6,8-9,11-12,14-15,18H,7,10,13,16H2,(H,26,28). The summed E-state index contributed by atoms with van der Waals surface area (Å²) in [5.74, 6) is 1.20. The molecule has 2 aromatic heterocycles. The van der Waals surface area contributed by atoms with E-state index >= 15 is 0 Å². The summed E-state index contributed by atoms with van der Waals surface area (Å²) < 4.78 is 1.34. The Hall–Kier alpha value is -3.38. The van der Waals surface area contributed by atoms with Gasteiger partial charge in [0.2, 0.25) is 0 Å². The first-order chi connectivity index (χ1) is 15.2. The van der Waals surface area contributed by atoms with E-state index in [-0.39, 0.29) is 16.5 Å². The van der Waals surface area contributed by atoms with Gasteiger partial charge >= 0.3 is 0 Å². The summed E-state index contributed by atoms with van der Waals surface area (Å²) in [6, 6.07) is 19.5. The summed E-state index contributed by atoms with van der Waals surface area (Å²) in [6.45, 7) is 1.57. The second-order valence-electron chi connectivity index (χ2n) is 7.73. The minimum absolute atomic E-state index is 0.198. The van der Waals surface area contributed by atoms with Gasteiger partial charge in [-0.05, 0) is 30.5 Å². The summed E-state index contributed by atoms with van der Waals surface area (Å²) in [7, 11) is 0. The summed E-state index contributed by atoms with van der Waals surface area (Å²) in [5.41, 5.74) is 3.19. The third kappa shape index (κ3) is 3.86. The van der Waals surface area contributed by atoms with E-state index in [9.17, 15) is 4.79 Å². The van der Waals surface area contributed by atoms with Crippen molar-refractivity contribution in [1.29, 1.82) is 0 Å². The van der Waals surface area contributed by atoms with Crippen molar-refractivity contribution < 1.29 is 0 Å². The van der Waals surface area contributed by atoms with E-state index in [1.54, 1.807) is 6.20 Å². The van der Waals surface area contributed by atoms with Crippen molar-refractivity contribution in [2.45, 2.75) is 18.8 Å². The van der Waals surface area contributed by atoms with Gasteiger partial charge in [-0.25, -0.2) is 4.98 Å². The van der Waals surface area contributed by atoms with Crippen molar-refractivity contribution in [3.05, 3.63) is 94.3 Å². The average molecular weight is 432 g/mol. The molecule has 5 rings (SSSR count). The molecule has 1 aliphatic rings. The highest BCUT2D eigenvalue weighted by atomic mass is 35.5. The molecule has 0 radical (unpaired) electrons. The van der Waals surface area contributed by atoms with Crippen LogP contribution < -0.4 is 10.5 Å². The van der Waals surface area contributed by atoms with Gasteiger partial charge in [-0.1, -0.05) is 60.1 Å². The molecule has 0 aliphatic carbocycles. The van der Waals surface area contributed by atoms with Crippen LogP contribution >= 0.6 is 11.6 Å². The largest absolute Gasteiger partial charge is 0.368 e. The van der Waals surface area contributed by atoms with Crippen LogP contribution in [0.4, 0.5) is 5.69 Å². The number of para-hydroxylation sites is 1. The molecule has 0 saturated carbocycles. The normalized spacial score (nSPS) is 16.4. The van der Waals surface area contributed by atoms with Gasteiger partial charge in [-0.2, -0.15) is 9.78 Å². The molecule has 1 aliphatic heterocycles. The molecule has 4 aromatic rings. The molecular formula is C24H22ClN5O. The van der Waals surface area contributed by atoms with Gasteiger partial charge in [0.05, 0.1) is 29.5 Å². The minimum atomic E-state index is -0.308. The molecule has 1 atom stereocenters. The number of rotatable bonds is 4. The monoisotopic (exact) mass is 431 g/mol. The predicted molar refractivity (Wildman–Crippen MR) is 123 cm³/mol. The Morgan fingerprint density at radius 1 is 1.00 bits per heavy atom. The molecular weight excluding hydrogens is 410 g/mol. The average Bonchev–Trinajstić information content (AvgIpc) is 3.33. The zero-order valence-electron chi connectivity index (χ0n) is 16.9. The predicted octanol–water partition coefficient (Wildman–Crippen LogP) is 4.66. The Bertz CT molecular complexity index is 1240. The molecule has 1 N–H and O–H groups in total. The van der Waals surface area contributed by atoms with Crippen molar-refractivity contribution in [3.63, 3.8) is 0 Å². The number of H-pyrrole nitrogens is 1. The molecule has 7 heteroatoms. The Labute approximate surface area is 185 Å². The van der Waals surface area contributed by atoms with Crippen LogP contribution in [0.3, 0.4) is 0 Å². The maximum absolute atomic E-state index is 12.9. The highest BCUT2D eigenvalue weighted by Crippen LogP contribution is 2.31. The Balaban J connectivity index is 1.39. The van der Waals surface area contributed by atoms with E-state index in [4.69, 9.17) is 11.6 Å². The Morgan fingerprint density at radius 3 is 2.52 bits per heavy atom. The second-order valence-corrected chi connectivity index (χ2v) is 8.11. The number of piperidine rings is 1. The lowest BCUT2D eigenvalue weighted by atomic mass is 9.97. The van der Waals surface area contributed by atoms with Gasteiger partial charge < -0.3 is 9.88 Å². The molecule has 1 saturated heterocycles. The maximum Gasteiger partial charge on any atom is 0.292 e. The first-order valence-electron chi connectivity index (χ1n) is 10.4. The van der Waals surface area contributed by atoms with E-state index in [0.717, 1.165) is 43.0 Å². The van der Waals surface area contributed by atoms with Crippen LogP contribution in [0, 0.1) is 0 Å². The van der Waals surface area contributed by atoms with Crippen LogP contribution in [0.15, 0.2) is 77.9 Å². The first-order valence-corrected chi connectivity index (χ1v) is 10.8. The van der Waals surface area contributed by atoms with Gasteiger partial charge in [0.15, 0.2) is 0 Å². The van der Waals surface area contributed by atoms with Gasteiger partial charge in [-0.15, -0.1) is 0 Å². The van der Waals surface area contributed by atoms with E-state index in [1.165, 1.54) is 4.68 Å². The summed E-state index contributed by atoms with van der Waals surface area (Å²) >= 11 is 6.52. The van der Waals surface area contributed by atoms with E-state index in [2.05, 4.69) is 32.1 Å². The Morgan fingerprint density at radius 2 is 1.74 bits per heavy atom. The lowest BCUT2D eigenvalue weighted by molar-refractivity contribution is 0.493. The number of aromatic nitrogens is 4. The summed E-state index contributed by atoms with van der Waals surface area (Å²) in [6.07, 6.45) is 5.60. The van der Waals surface area contributed by atoms with Crippen LogP contribution in [0.25, 0.3) is 16.9 Å². The molecule has 3 heterocycles. The van der Waals surface area contributed by atoms with Gasteiger partial charge in [0.25, 0.3) is 5.56 Å². The SMILES string of the molecule is O=c1c(Cl)c(N2CCCC(c3ncc(-c4ccccc4)[nH]3)C2)cnn1-c1ccccc1. The van der Waals surface area contributed by atoms with Gasteiger partial charge in [0.1, 0.15) is 10.8 Å². The van der Waals surface area contributed by atoms with E-state index in [1.807, 2.05) is 54.7 Å². The number of imidazole rings is 1. The third-order valence-electron chi connectivity index (χ3n) is 5.73. The van der Waals surface area contributed by atoms with Crippen LogP contribution in [0.1, 0.15) is 24.6 Å². The lowest BCUT2D eigenvalue weighted by Gasteiger charge is -2.33. The fraction of sp³-hybridized carbons (Fsp3) is 0.208. The van der Waals surface area contributed by atoms with Gasteiger partial charge in [-0.3, -0.25) is 4.79 Å². The number of hydrogen-bond acceptors (Lipinski definition) is 4. The molecule has 1 unspecified atom stereocenters. The Kier molecular flexibility index (Phi) is 5.30. The number of nitrogens with one attached hydrogen (secondary N) is 1. The summed E-state index contributed by atoms with van der Waals surface area (Å²) in [5, 5.41) is 4.58. The molecule has 156 valence electrons. The van der Waals surface area contributed by atoms with E-state index in [0.29, 0.717) is 11.4 Å². The smallest absolute Gasteiger partial charge is 0.292 e. The maximum atomic E-state index is 12.9. The van der Waals surface area contributed by atoms with Crippen molar-refractivity contribution in [2.75, 3.05) is 18.0 Å². The summed E-state index contributed by atoms with van der Waals surface area (Å²) in [4.78, 5) is 23.1. The molecule has 2 aromatic carbocycles. The van der Waals surface area contributed by atoms with Crippen molar-refractivity contribution in [1.82, 2.24) is 19.7 Å². The van der Waals surface area contributed by atoms with Crippen LogP contribution in [0.2, 0.25) is 5.02 Å². The number of nitrogens with zero attached hydrogens (tertiary/aromatic N) is 4. The number of halogens is 1. The third-order valence-corrected chi connectivity index (χ3v) is 6.09. The molecule has 0 spiro atoms. The van der Waals surface area contributed by atoms with Crippen molar-refractivity contribution in [2.24, 2.45) is 0 Å². The lowest BCUT2D eigenvalue weighted by Crippen LogP contribution is -2.36. The molecule has 31 heavy (non-hydrogen) atoms. The fourth-order valence-electron chi connectivity index (χ4n) is 4.13. The molecule has 0 amide bonds. The highest BCUT2D eigenvalue weighted by Gasteiger charge is 2.26. The number of anilines is 1. The zero-order chi connectivity index (χ0) is 21.2. The van der Waals surface area contributed by atoms with Gasteiger partial charge in [0, 0.05) is 19.0 Å².